The highest BCUT2D eigenvalue weighted by atomic mass is 16.5. The van der Waals surface area contributed by atoms with Crippen molar-refractivity contribution in [3.8, 4) is 28.5 Å². The Hall–Kier alpha value is -3.02. The Morgan fingerprint density at radius 2 is 1.61 bits per heavy atom. The van der Waals surface area contributed by atoms with E-state index in [4.69, 9.17) is 14.2 Å². The van der Waals surface area contributed by atoms with Gasteiger partial charge in [-0.05, 0) is 12.1 Å². The van der Waals surface area contributed by atoms with Crippen LogP contribution in [0.15, 0.2) is 41.2 Å². The van der Waals surface area contributed by atoms with Gasteiger partial charge in [-0.1, -0.05) is 12.1 Å². The van der Waals surface area contributed by atoms with Crippen LogP contribution in [-0.2, 0) is 0 Å². The lowest BCUT2D eigenvalue weighted by Crippen LogP contribution is -2.12. The molecule has 0 atom stereocenters. The number of aromatic nitrogens is 2. The van der Waals surface area contributed by atoms with Gasteiger partial charge in [0.15, 0.2) is 0 Å². The predicted molar refractivity (Wildman–Crippen MR) is 87.5 cm³/mol. The maximum atomic E-state index is 12.5. The van der Waals surface area contributed by atoms with Crippen LogP contribution in [0.1, 0.15) is 0 Å². The van der Waals surface area contributed by atoms with Crippen LogP contribution in [-0.4, -0.2) is 31.3 Å². The summed E-state index contributed by atoms with van der Waals surface area (Å²) in [5, 5.41) is 0. The third-order valence-corrected chi connectivity index (χ3v) is 3.55. The minimum absolute atomic E-state index is 0.236. The summed E-state index contributed by atoms with van der Waals surface area (Å²) in [7, 11) is 4.59. The van der Waals surface area contributed by atoms with Crippen molar-refractivity contribution in [1.29, 1.82) is 0 Å². The average molecular weight is 312 g/mol. The molecular weight excluding hydrogens is 296 g/mol. The molecule has 118 valence electrons. The van der Waals surface area contributed by atoms with Crippen LogP contribution in [0, 0.1) is 0 Å². The quantitative estimate of drug-likeness (QED) is 0.801. The molecule has 0 fully saturated rings. The number of ether oxygens (including phenoxy) is 3. The lowest BCUT2D eigenvalue weighted by atomic mass is 10.1. The number of aromatic amines is 1. The molecule has 0 bridgehead atoms. The lowest BCUT2D eigenvalue weighted by molar-refractivity contribution is 0.377. The number of benzene rings is 2. The van der Waals surface area contributed by atoms with Gasteiger partial charge < -0.3 is 19.2 Å². The number of fused-ring (bicyclic) bond motifs is 1. The molecule has 0 spiro atoms. The van der Waals surface area contributed by atoms with Gasteiger partial charge in [0, 0.05) is 12.1 Å². The molecule has 0 saturated carbocycles. The molecule has 1 N–H and O–H groups in total. The molecule has 0 aliphatic rings. The van der Waals surface area contributed by atoms with Crippen LogP contribution in [0.3, 0.4) is 0 Å². The standard InChI is InChI=1S/C17H16N2O4/c1-21-10-8-13(22-2)15(14(9-10)23-3)16-17(20)19-12-7-5-4-6-11(12)18-16/h4-9H,1-3H3,(H,19,20). The third kappa shape index (κ3) is 2.59. The first-order valence-corrected chi connectivity index (χ1v) is 6.97. The van der Waals surface area contributed by atoms with Crippen LogP contribution < -0.4 is 19.8 Å². The number of methoxy groups -OCH3 is 3. The van der Waals surface area contributed by atoms with Gasteiger partial charge in [-0.25, -0.2) is 4.98 Å². The highest BCUT2D eigenvalue weighted by molar-refractivity contribution is 5.81. The molecule has 6 heteroatoms. The first kappa shape index (κ1) is 14.9. The highest BCUT2D eigenvalue weighted by Gasteiger charge is 2.19. The van der Waals surface area contributed by atoms with Crippen molar-refractivity contribution in [3.63, 3.8) is 0 Å². The monoisotopic (exact) mass is 312 g/mol. The van der Waals surface area contributed by atoms with E-state index in [1.54, 1.807) is 25.3 Å². The van der Waals surface area contributed by atoms with E-state index in [0.29, 0.717) is 33.8 Å². The van der Waals surface area contributed by atoms with Crippen LogP contribution in [0.4, 0.5) is 0 Å². The van der Waals surface area contributed by atoms with Crippen molar-refractivity contribution in [3.05, 3.63) is 46.8 Å². The van der Waals surface area contributed by atoms with Gasteiger partial charge in [0.05, 0.1) is 37.9 Å². The summed E-state index contributed by atoms with van der Waals surface area (Å²) in [4.78, 5) is 19.8. The molecule has 0 unspecified atom stereocenters. The summed E-state index contributed by atoms with van der Waals surface area (Å²) < 4.78 is 16.0. The summed E-state index contributed by atoms with van der Waals surface area (Å²) in [6.07, 6.45) is 0. The van der Waals surface area contributed by atoms with E-state index in [-0.39, 0.29) is 11.3 Å². The van der Waals surface area contributed by atoms with Gasteiger partial charge in [-0.3, -0.25) is 4.79 Å². The van der Waals surface area contributed by atoms with Gasteiger partial charge in [0.1, 0.15) is 22.9 Å². The largest absolute Gasteiger partial charge is 0.496 e. The topological polar surface area (TPSA) is 73.4 Å². The molecule has 0 saturated heterocycles. The van der Waals surface area contributed by atoms with E-state index in [0.717, 1.165) is 0 Å². The van der Waals surface area contributed by atoms with Crippen molar-refractivity contribution >= 4 is 11.0 Å². The second-order valence-electron chi connectivity index (χ2n) is 4.84. The fraction of sp³-hybridized carbons (Fsp3) is 0.176. The van der Waals surface area contributed by atoms with Crippen molar-refractivity contribution in [2.24, 2.45) is 0 Å². The molecule has 0 aliphatic carbocycles. The van der Waals surface area contributed by atoms with Gasteiger partial charge in [0.25, 0.3) is 5.56 Å². The zero-order chi connectivity index (χ0) is 16.4. The maximum absolute atomic E-state index is 12.5. The molecule has 3 aromatic rings. The molecule has 23 heavy (non-hydrogen) atoms. The second-order valence-corrected chi connectivity index (χ2v) is 4.84. The van der Waals surface area contributed by atoms with Gasteiger partial charge in [-0.15, -0.1) is 0 Å². The Labute approximate surface area is 132 Å². The number of rotatable bonds is 4. The summed E-state index contributed by atoms with van der Waals surface area (Å²) in [5.74, 6) is 1.48. The SMILES string of the molecule is COc1cc(OC)c(-c2nc3ccccc3[nH]c2=O)c(OC)c1. The summed E-state index contributed by atoms with van der Waals surface area (Å²) in [6, 6.07) is 10.7. The predicted octanol–water partition coefficient (Wildman–Crippen LogP) is 2.62. The van der Waals surface area contributed by atoms with Crippen LogP contribution >= 0.6 is 0 Å². The minimum atomic E-state index is -0.314. The van der Waals surface area contributed by atoms with E-state index >= 15 is 0 Å². The van der Waals surface area contributed by atoms with Crippen molar-refractivity contribution < 1.29 is 14.2 Å². The molecule has 6 nitrogen and oxygen atoms in total. The Morgan fingerprint density at radius 1 is 0.957 bits per heavy atom. The fourth-order valence-electron chi connectivity index (χ4n) is 2.44. The van der Waals surface area contributed by atoms with E-state index < -0.39 is 0 Å². The molecule has 0 amide bonds. The van der Waals surface area contributed by atoms with Crippen molar-refractivity contribution in [1.82, 2.24) is 9.97 Å². The fourth-order valence-corrected chi connectivity index (χ4v) is 2.44. The van der Waals surface area contributed by atoms with E-state index in [1.165, 1.54) is 14.2 Å². The van der Waals surface area contributed by atoms with E-state index in [9.17, 15) is 4.79 Å². The lowest BCUT2D eigenvalue weighted by Gasteiger charge is -2.14. The molecule has 2 aromatic carbocycles. The number of nitrogens with zero attached hydrogens (tertiary/aromatic N) is 1. The zero-order valence-electron chi connectivity index (χ0n) is 13.0. The second kappa shape index (κ2) is 6.00. The van der Waals surface area contributed by atoms with Crippen LogP contribution in [0.25, 0.3) is 22.3 Å². The first-order valence-electron chi connectivity index (χ1n) is 6.97. The Morgan fingerprint density at radius 3 is 2.22 bits per heavy atom. The van der Waals surface area contributed by atoms with Crippen LogP contribution in [0.2, 0.25) is 0 Å². The number of hydrogen-bond acceptors (Lipinski definition) is 5. The molecular formula is C17H16N2O4. The highest BCUT2D eigenvalue weighted by Crippen LogP contribution is 2.39. The summed E-state index contributed by atoms with van der Waals surface area (Å²) >= 11 is 0. The molecule has 0 aliphatic heterocycles. The van der Waals surface area contributed by atoms with Gasteiger partial charge in [0.2, 0.25) is 0 Å². The number of hydrogen-bond donors (Lipinski definition) is 1. The van der Waals surface area contributed by atoms with Gasteiger partial charge in [-0.2, -0.15) is 0 Å². The number of para-hydroxylation sites is 2. The van der Waals surface area contributed by atoms with E-state index in [2.05, 4.69) is 9.97 Å². The molecule has 0 radical (unpaired) electrons. The zero-order valence-corrected chi connectivity index (χ0v) is 13.0. The number of nitrogens with one attached hydrogen (secondary N) is 1. The smallest absolute Gasteiger partial charge is 0.275 e. The van der Waals surface area contributed by atoms with Gasteiger partial charge >= 0.3 is 0 Å². The molecule has 1 heterocycles. The first-order chi connectivity index (χ1) is 11.2. The normalized spacial score (nSPS) is 10.6. The van der Waals surface area contributed by atoms with Crippen LogP contribution in [0.5, 0.6) is 17.2 Å². The molecule has 3 rings (SSSR count). The average Bonchev–Trinajstić information content (AvgIpc) is 2.60. The molecule has 1 aromatic heterocycles. The third-order valence-electron chi connectivity index (χ3n) is 3.55. The Bertz CT molecular complexity index is 893. The maximum Gasteiger partial charge on any atom is 0.275 e. The van der Waals surface area contributed by atoms with Crippen molar-refractivity contribution in [2.75, 3.05) is 21.3 Å². The Balaban J connectivity index is 2.33. The Kier molecular flexibility index (Phi) is 3.89. The van der Waals surface area contributed by atoms with E-state index in [1.807, 2.05) is 18.2 Å². The number of H-pyrrole nitrogens is 1. The van der Waals surface area contributed by atoms with Crippen molar-refractivity contribution in [2.45, 2.75) is 0 Å². The summed E-state index contributed by atoms with van der Waals surface area (Å²) in [5.41, 5.74) is 1.77. The summed E-state index contributed by atoms with van der Waals surface area (Å²) in [6.45, 7) is 0. The minimum Gasteiger partial charge on any atom is -0.496 e.